The molecular formula is C21H24O3. The zero-order chi connectivity index (χ0) is 16.8. The molecule has 3 atom stereocenters. The molecule has 2 aromatic rings. The van der Waals surface area contributed by atoms with E-state index in [0.29, 0.717) is 0 Å². The first-order valence-electron chi connectivity index (χ1n) is 8.62. The van der Waals surface area contributed by atoms with Gasteiger partial charge in [0.15, 0.2) is 0 Å². The van der Waals surface area contributed by atoms with Crippen molar-refractivity contribution < 1.29 is 14.3 Å². The van der Waals surface area contributed by atoms with Crippen molar-refractivity contribution in [3.8, 4) is 0 Å². The van der Waals surface area contributed by atoms with Crippen LogP contribution in [0.4, 0.5) is 0 Å². The zero-order valence-corrected chi connectivity index (χ0v) is 14.1. The van der Waals surface area contributed by atoms with Crippen molar-refractivity contribution in [2.75, 3.05) is 0 Å². The predicted molar refractivity (Wildman–Crippen MR) is 93.6 cm³/mol. The summed E-state index contributed by atoms with van der Waals surface area (Å²) in [5.41, 5.74) is 2.46. The van der Waals surface area contributed by atoms with Gasteiger partial charge < -0.3 is 9.47 Å². The van der Waals surface area contributed by atoms with Crippen LogP contribution < -0.4 is 0 Å². The topological polar surface area (TPSA) is 35.5 Å². The number of ether oxygens (including phenoxy) is 2. The number of rotatable bonds is 5. The van der Waals surface area contributed by atoms with E-state index in [4.69, 9.17) is 9.47 Å². The van der Waals surface area contributed by atoms with Crippen molar-refractivity contribution in [2.24, 2.45) is 0 Å². The molecule has 1 aliphatic heterocycles. The lowest BCUT2D eigenvalue weighted by molar-refractivity contribution is -0.160. The van der Waals surface area contributed by atoms with Gasteiger partial charge in [-0.1, -0.05) is 60.7 Å². The van der Waals surface area contributed by atoms with Crippen molar-refractivity contribution in [2.45, 2.75) is 50.9 Å². The van der Waals surface area contributed by atoms with Crippen LogP contribution in [0.1, 0.15) is 43.4 Å². The molecule has 0 spiro atoms. The quantitative estimate of drug-likeness (QED) is 0.761. The lowest BCUT2D eigenvalue weighted by Crippen LogP contribution is -2.34. The normalized spacial score (nSPS) is 23.6. The van der Waals surface area contributed by atoms with E-state index in [9.17, 15) is 4.79 Å². The molecule has 0 amide bonds. The summed E-state index contributed by atoms with van der Waals surface area (Å²) in [5.74, 6) is -0.212. The molecule has 0 N–H and O–H groups in total. The maximum absolute atomic E-state index is 11.4. The Kier molecular flexibility index (Phi) is 5.65. The maximum Gasteiger partial charge on any atom is 0.302 e. The average molecular weight is 324 g/mol. The molecule has 1 fully saturated rings. The molecule has 0 saturated carbocycles. The lowest BCUT2D eigenvalue weighted by atomic mass is 9.93. The van der Waals surface area contributed by atoms with Gasteiger partial charge in [-0.2, -0.15) is 0 Å². The fourth-order valence-corrected chi connectivity index (χ4v) is 3.34. The highest BCUT2D eigenvalue weighted by atomic mass is 16.6. The van der Waals surface area contributed by atoms with Gasteiger partial charge in [0.2, 0.25) is 0 Å². The van der Waals surface area contributed by atoms with E-state index in [0.717, 1.165) is 31.2 Å². The molecule has 3 rings (SSSR count). The zero-order valence-electron chi connectivity index (χ0n) is 14.1. The first-order chi connectivity index (χ1) is 11.7. The van der Waals surface area contributed by atoms with Gasteiger partial charge in [-0.15, -0.1) is 0 Å². The van der Waals surface area contributed by atoms with Crippen LogP contribution in [-0.4, -0.2) is 18.2 Å². The van der Waals surface area contributed by atoms with E-state index in [2.05, 4.69) is 36.4 Å². The summed E-state index contributed by atoms with van der Waals surface area (Å²) in [6.07, 6.45) is 3.44. The van der Waals surface area contributed by atoms with Crippen LogP contribution in [-0.2, 0) is 20.7 Å². The average Bonchev–Trinajstić information content (AvgIpc) is 2.61. The predicted octanol–water partition coefficient (Wildman–Crippen LogP) is 4.47. The third-order valence-electron chi connectivity index (χ3n) is 4.46. The minimum atomic E-state index is -0.212. The van der Waals surface area contributed by atoms with E-state index >= 15 is 0 Å². The minimum Gasteiger partial charge on any atom is -0.462 e. The first kappa shape index (κ1) is 16.7. The van der Waals surface area contributed by atoms with E-state index in [-0.39, 0.29) is 24.3 Å². The Morgan fingerprint density at radius 2 is 1.71 bits per heavy atom. The first-order valence-corrected chi connectivity index (χ1v) is 8.62. The fraction of sp³-hybridized carbons (Fsp3) is 0.381. The summed E-state index contributed by atoms with van der Waals surface area (Å²) in [4.78, 5) is 11.4. The summed E-state index contributed by atoms with van der Waals surface area (Å²) < 4.78 is 11.8. The van der Waals surface area contributed by atoms with Crippen molar-refractivity contribution in [1.82, 2.24) is 0 Å². The van der Waals surface area contributed by atoms with Crippen molar-refractivity contribution in [3.63, 3.8) is 0 Å². The van der Waals surface area contributed by atoms with Crippen LogP contribution in [0.25, 0.3) is 0 Å². The molecule has 1 heterocycles. The molecule has 126 valence electrons. The second-order valence-electron chi connectivity index (χ2n) is 6.38. The van der Waals surface area contributed by atoms with Crippen molar-refractivity contribution in [3.05, 3.63) is 71.8 Å². The van der Waals surface area contributed by atoms with Crippen LogP contribution >= 0.6 is 0 Å². The Morgan fingerprint density at radius 3 is 2.38 bits per heavy atom. The Morgan fingerprint density at radius 1 is 1.04 bits per heavy atom. The number of esters is 1. The Balaban J connectivity index is 1.67. The van der Waals surface area contributed by atoms with Gasteiger partial charge in [0, 0.05) is 19.8 Å². The number of hydrogen-bond acceptors (Lipinski definition) is 3. The summed E-state index contributed by atoms with van der Waals surface area (Å²) >= 11 is 0. The minimum absolute atomic E-state index is 0.00919. The molecule has 24 heavy (non-hydrogen) atoms. The maximum atomic E-state index is 11.4. The largest absolute Gasteiger partial charge is 0.462 e. The van der Waals surface area contributed by atoms with Gasteiger partial charge in [0.1, 0.15) is 6.10 Å². The van der Waals surface area contributed by atoms with Crippen LogP contribution in [0, 0.1) is 0 Å². The molecule has 0 aliphatic carbocycles. The second kappa shape index (κ2) is 8.11. The second-order valence-corrected chi connectivity index (χ2v) is 6.38. The highest BCUT2D eigenvalue weighted by Gasteiger charge is 2.31. The van der Waals surface area contributed by atoms with E-state index < -0.39 is 0 Å². The molecule has 2 aromatic carbocycles. The van der Waals surface area contributed by atoms with Gasteiger partial charge in [-0.25, -0.2) is 0 Å². The summed E-state index contributed by atoms with van der Waals surface area (Å²) in [6.45, 7) is 1.48. The molecule has 0 aromatic heterocycles. The number of carbonyl (C=O) groups excluding carboxylic acids is 1. The number of aryl methyl sites for hydroxylation is 1. The fourth-order valence-electron chi connectivity index (χ4n) is 3.34. The van der Waals surface area contributed by atoms with Crippen LogP contribution in [0.2, 0.25) is 0 Å². The van der Waals surface area contributed by atoms with E-state index in [1.165, 1.54) is 12.5 Å². The third kappa shape index (κ3) is 4.68. The van der Waals surface area contributed by atoms with Gasteiger partial charge in [-0.3, -0.25) is 4.79 Å². The van der Waals surface area contributed by atoms with Gasteiger partial charge >= 0.3 is 5.97 Å². The smallest absolute Gasteiger partial charge is 0.302 e. The molecule has 1 aliphatic rings. The summed E-state index contributed by atoms with van der Waals surface area (Å²) in [5, 5.41) is 0. The molecule has 0 radical (unpaired) electrons. The van der Waals surface area contributed by atoms with Crippen LogP contribution in [0.5, 0.6) is 0 Å². The standard InChI is InChI=1S/C21H24O3/c1-16(22)23-20-14-19(13-12-17-8-4-2-5-9-17)24-21(15-20)18-10-6-3-7-11-18/h2-11,19-21H,12-15H2,1H3/t19-,20+,21-/m1/s1. The van der Waals surface area contributed by atoms with Crippen molar-refractivity contribution >= 4 is 5.97 Å². The number of hydrogen-bond donors (Lipinski definition) is 0. The Bertz CT molecular complexity index is 639. The van der Waals surface area contributed by atoms with Crippen LogP contribution in [0.15, 0.2) is 60.7 Å². The van der Waals surface area contributed by atoms with Crippen molar-refractivity contribution in [1.29, 1.82) is 0 Å². The summed E-state index contributed by atoms with van der Waals surface area (Å²) in [6, 6.07) is 20.6. The SMILES string of the molecule is CC(=O)O[C@H]1C[C@@H](CCc2ccccc2)O[C@@H](c2ccccc2)C1. The van der Waals surface area contributed by atoms with Gasteiger partial charge in [0.05, 0.1) is 12.2 Å². The molecule has 0 bridgehead atoms. The molecular weight excluding hydrogens is 300 g/mol. The van der Waals surface area contributed by atoms with E-state index in [1.54, 1.807) is 0 Å². The Labute approximate surface area is 143 Å². The molecule has 3 heteroatoms. The Hall–Kier alpha value is -2.13. The number of carbonyl (C=O) groups is 1. The lowest BCUT2D eigenvalue weighted by Gasteiger charge is -2.35. The molecule has 0 unspecified atom stereocenters. The molecule has 1 saturated heterocycles. The summed E-state index contributed by atoms with van der Waals surface area (Å²) in [7, 11) is 0. The van der Waals surface area contributed by atoms with Gasteiger partial charge in [-0.05, 0) is 24.0 Å². The van der Waals surface area contributed by atoms with Gasteiger partial charge in [0.25, 0.3) is 0 Å². The molecule has 3 nitrogen and oxygen atoms in total. The highest BCUT2D eigenvalue weighted by molar-refractivity contribution is 5.66. The van der Waals surface area contributed by atoms with Crippen LogP contribution in [0.3, 0.4) is 0 Å². The highest BCUT2D eigenvalue weighted by Crippen LogP contribution is 2.34. The monoisotopic (exact) mass is 324 g/mol. The van der Waals surface area contributed by atoms with E-state index in [1.807, 2.05) is 24.3 Å². The number of benzene rings is 2. The third-order valence-corrected chi connectivity index (χ3v) is 4.46.